The van der Waals surface area contributed by atoms with Gasteiger partial charge in [-0.2, -0.15) is 0 Å². The molecule has 3 atom stereocenters. The Kier molecular flexibility index (Phi) is 4.97. The fraction of sp³-hybridized carbons (Fsp3) is 0.923. The number of hydrogen-bond donors (Lipinski definition) is 1. The van der Waals surface area contributed by atoms with E-state index in [4.69, 9.17) is 9.47 Å². The van der Waals surface area contributed by atoms with Crippen LogP contribution in [0.4, 0.5) is 0 Å². The summed E-state index contributed by atoms with van der Waals surface area (Å²) in [7, 11) is 0. The number of hydrogen-bond acceptors (Lipinski definition) is 4. The Morgan fingerprint density at radius 3 is 2.61 bits per heavy atom. The van der Waals surface area contributed by atoms with Crippen molar-refractivity contribution < 1.29 is 14.3 Å². The van der Waals surface area contributed by atoms with E-state index in [1.165, 1.54) is 0 Å². The van der Waals surface area contributed by atoms with Crippen LogP contribution in [0.5, 0.6) is 0 Å². The molecule has 5 heteroatoms. The second-order valence-corrected chi connectivity index (χ2v) is 5.17. The Hall–Kier alpha value is -0.650. The van der Waals surface area contributed by atoms with Gasteiger partial charge < -0.3 is 19.7 Å². The van der Waals surface area contributed by atoms with Crippen LogP contribution in [0.1, 0.15) is 26.7 Å². The summed E-state index contributed by atoms with van der Waals surface area (Å²) < 4.78 is 10.9. The van der Waals surface area contributed by atoms with Gasteiger partial charge in [0.05, 0.1) is 25.4 Å². The third kappa shape index (κ3) is 3.43. The molecule has 2 aliphatic rings. The zero-order valence-corrected chi connectivity index (χ0v) is 11.4. The van der Waals surface area contributed by atoms with E-state index >= 15 is 0 Å². The normalized spacial score (nSPS) is 28.1. The highest BCUT2D eigenvalue weighted by atomic mass is 16.5. The van der Waals surface area contributed by atoms with Crippen molar-refractivity contribution in [3.05, 3.63) is 0 Å². The summed E-state index contributed by atoms with van der Waals surface area (Å²) in [6.45, 7) is 7.60. The molecule has 1 N–H and O–H groups in total. The number of ether oxygens (including phenoxy) is 2. The Labute approximate surface area is 109 Å². The van der Waals surface area contributed by atoms with Crippen molar-refractivity contribution in [3.63, 3.8) is 0 Å². The molecule has 0 aromatic rings. The summed E-state index contributed by atoms with van der Waals surface area (Å²) in [5, 5.41) is 3.36. The Morgan fingerprint density at radius 2 is 2.00 bits per heavy atom. The minimum absolute atomic E-state index is 0.151. The zero-order chi connectivity index (χ0) is 13.0. The van der Waals surface area contributed by atoms with Crippen molar-refractivity contribution in [1.29, 1.82) is 0 Å². The van der Waals surface area contributed by atoms with Gasteiger partial charge in [0.25, 0.3) is 0 Å². The lowest BCUT2D eigenvalue weighted by molar-refractivity contribution is -0.137. The smallest absolute Gasteiger partial charge is 0.239 e. The maximum absolute atomic E-state index is 12.2. The van der Waals surface area contributed by atoms with Crippen molar-refractivity contribution in [2.24, 2.45) is 0 Å². The van der Waals surface area contributed by atoms with E-state index in [0.29, 0.717) is 26.3 Å². The third-order valence-corrected chi connectivity index (χ3v) is 3.73. The number of rotatable bonds is 4. The van der Waals surface area contributed by atoms with Gasteiger partial charge in [-0.05, 0) is 26.7 Å². The van der Waals surface area contributed by atoms with Crippen LogP contribution in [0.25, 0.3) is 0 Å². The first kappa shape index (κ1) is 13.8. The quantitative estimate of drug-likeness (QED) is 0.790. The largest absolute Gasteiger partial charge is 0.378 e. The SMILES string of the molecule is CC(NC(C)C1CCCO1)C(=O)N1CCOCC1. The first-order valence-corrected chi connectivity index (χ1v) is 6.92. The molecule has 1 amide bonds. The Balaban J connectivity index is 1.78. The second-order valence-electron chi connectivity index (χ2n) is 5.17. The first-order chi connectivity index (χ1) is 8.68. The molecule has 18 heavy (non-hydrogen) atoms. The highest BCUT2D eigenvalue weighted by Gasteiger charge is 2.27. The predicted octanol–water partition coefficient (Wildman–Crippen LogP) is 0.391. The van der Waals surface area contributed by atoms with Crippen LogP contribution < -0.4 is 5.32 Å². The van der Waals surface area contributed by atoms with E-state index < -0.39 is 0 Å². The van der Waals surface area contributed by atoms with E-state index in [1.807, 2.05) is 11.8 Å². The van der Waals surface area contributed by atoms with Crippen LogP contribution in [0, 0.1) is 0 Å². The fourth-order valence-corrected chi connectivity index (χ4v) is 2.63. The summed E-state index contributed by atoms with van der Waals surface area (Å²) in [6, 6.07) is 0.0785. The molecule has 0 radical (unpaired) electrons. The molecule has 5 nitrogen and oxygen atoms in total. The maximum Gasteiger partial charge on any atom is 0.239 e. The number of carbonyl (C=O) groups is 1. The van der Waals surface area contributed by atoms with Crippen molar-refractivity contribution >= 4 is 5.91 Å². The predicted molar refractivity (Wildman–Crippen MR) is 68.4 cm³/mol. The van der Waals surface area contributed by atoms with Gasteiger partial charge in [-0.3, -0.25) is 4.79 Å². The third-order valence-electron chi connectivity index (χ3n) is 3.73. The summed E-state index contributed by atoms with van der Waals surface area (Å²) in [4.78, 5) is 14.1. The summed E-state index contributed by atoms with van der Waals surface area (Å²) in [5.41, 5.74) is 0. The van der Waals surface area contributed by atoms with Crippen LogP contribution in [-0.2, 0) is 14.3 Å². The fourth-order valence-electron chi connectivity index (χ4n) is 2.63. The highest BCUT2D eigenvalue weighted by molar-refractivity contribution is 5.81. The van der Waals surface area contributed by atoms with E-state index in [9.17, 15) is 4.79 Å². The van der Waals surface area contributed by atoms with Crippen molar-refractivity contribution in [3.8, 4) is 0 Å². The van der Waals surface area contributed by atoms with E-state index in [-0.39, 0.29) is 24.1 Å². The molecule has 104 valence electrons. The number of morpholine rings is 1. The topological polar surface area (TPSA) is 50.8 Å². The molecule has 0 aromatic heterocycles. The molecule has 2 rings (SSSR count). The monoisotopic (exact) mass is 256 g/mol. The van der Waals surface area contributed by atoms with E-state index in [2.05, 4.69) is 12.2 Å². The number of nitrogens with one attached hydrogen (secondary N) is 1. The lowest BCUT2D eigenvalue weighted by Gasteiger charge is -2.31. The van der Waals surface area contributed by atoms with Gasteiger partial charge in [0.2, 0.25) is 5.91 Å². The average Bonchev–Trinajstić information content (AvgIpc) is 2.92. The highest BCUT2D eigenvalue weighted by Crippen LogP contribution is 2.16. The standard InChI is InChI=1S/C13H24N2O3/c1-10(12-4-3-7-18-12)14-11(2)13(16)15-5-8-17-9-6-15/h10-12,14H,3-9H2,1-2H3. The lowest BCUT2D eigenvalue weighted by atomic mass is 10.1. The summed E-state index contributed by atoms with van der Waals surface area (Å²) in [6.07, 6.45) is 2.47. The van der Waals surface area contributed by atoms with Gasteiger partial charge >= 0.3 is 0 Å². The van der Waals surface area contributed by atoms with Gasteiger partial charge in [-0.1, -0.05) is 0 Å². The van der Waals surface area contributed by atoms with E-state index in [1.54, 1.807) is 0 Å². The lowest BCUT2D eigenvalue weighted by Crippen LogP contribution is -2.52. The van der Waals surface area contributed by atoms with Gasteiger partial charge in [-0.15, -0.1) is 0 Å². The maximum atomic E-state index is 12.2. The summed E-state index contributed by atoms with van der Waals surface area (Å²) >= 11 is 0. The van der Waals surface area contributed by atoms with Crippen LogP contribution in [0.3, 0.4) is 0 Å². The van der Waals surface area contributed by atoms with E-state index in [0.717, 1.165) is 19.4 Å². The van der Waals surface area contributed by atoms with Crippen LogP contribution in [-0.4, -0.2) is 61.9 Å². The molecule has 0 aromatic carbocycles. The van der Waals surface area contributed by atoms with Crippen LogP contribution >= 0.6 is 0 Å². The van der Waals surface area contributed by atoms with Crippen molar-refractivity contribution in [2.45, 2.75) is 44.9 Å². The molecule has 2 heterocycles. The molecular weight excluding hydrogens is 232 g/mol. The number of nitrogens with zero attached hydrogens (tertiary/aromatic N) is 1. The molecule has 0 saturated carbocycles. The molecule has 3 unspecified atom stereocenters. The first-order valence-electron chi connectivity index (χ1n) is 6.92. The van der Waals surface area contributed by atoms with Crippen LogP contribution in [0.2, 0.25) is 0 Å². The minimum atomic E-state index is -0.151. The van der Waals surface area contributed by atoms with Crippen molar-refractivity contribution in [2.75, 3.05) is 32.9 Å². The molecule has 2 aliphatic heterocycles. The Bertz CT molecular complexity index is 273. The molecular formula is C13H24N2O3. The minimum Gasteiger partial charge on any atom is -0.378 e. The summed E-state index contributed by atoms with van der Waals surface area (Å²) in [5.74, 6) is 0.170. The van der Waals surface area contributed by atoms with Gasteiger partial charge in [0.15, 0.2) is 0 Å². The zero-order valence-electron chi connectivity index (χ0n) is 11.4. The molecule has 2 fully saturated rings. The number of amides is 1. The van der Waals surface area contributed by atoms with Crippen LogP contribution in [0.15, 0.2) is 0 Å². The molecule has 0 bridgehead atoms. The van der Waals surface area contributed by atoms with Gasteiger partial charge in [0, 0.05) is 25.7 Å². The molecule has 2 saturated heterocycles. The molecule has 0 aliphatic carbocycles. The Morgan fingerprint density at radius 1 is 1.28 bits per heavy atom. The van der Waals surface area contributed by atoms with Gasteiger partial charge in [0.1, 0.15) is 0 Å². The van der Waals surface area contributed by atoms with Crippen molar-refractivity contribution in [1.82, 2.24) is 10.2 Å². The number of carbonyl (C=O) groups excluding carboxylic acids is 1. The second kappa shape index (κ2) is 6.50. The van der Waals surface area contributed by atoms with Gasteiger partial charge in [-0.25, -0.2) is 0 Å². The average molecular weight is 256 g/mol. The molecule has 0 spiro atoms.